The summed E-state index contributed by atoms with van der Waals surface area (Å²) >= 11 is 0. The van der Waals surface area contributed by atoms with E-state index in [-0.39, 0.29) is 19.3 Å². The van der Waals surface area contributed by atoms with Crippen LogP contribution in [0, 0.1) is 0 Å². The molecule has 0 heterocycles. The fourth-order valence-corrected chi connectivity index (χ4v) is 11.1. The van der Waals surface area contributed by atoms with Gasteiger partial charge in [0.05, 0.1) is 26.4 Å². The van der Waals surface area contributed by atoms with Crippen molar-refractivity contribution >= 4 is 33.6 Å². The largest absolute Gasteiger partial charge is 0.472 e. The van der Waals surface area contributed by atoms with Crippen molar-refractivity contribution in [2.45, 2.75) is 296 Å². The fraction of sp³-hybridized carbons (Fsp3) is 0.642. The van der Waals surface area contributed by atoms with Gasteiger partial charge in [-0.3, -0.25) is 32.5 Å². The molecule has 18 heteroatoms. The molecule has 5 atom stereocenters. The highest BCUT2D eigenvalue weighted by atomic mass is 31.2. The number of aliphatic hydroxyl groups is 2. The number of aliphatic hydroxyl groups excluding tert-OH is 2. The summed E-state index contributed by atoms with van der Waals surface area (Å²) < 4.78 is 61.1. The zero-order chi connectivity index (χ0) is 72.3. The Bertz CT molecular complexity index is 2430. The average molecular weight is 1430 g/mol. The molecule has 0 aromatic heterocycles. The zero-order valence-electron chi connectivity index (χ0n) is 61.4. The van der Waals surface area contributed by atoms with E-state index >= 15 is 0 Å². The molecule has 0 aromatic carbocycles. The lowest BCUT2D eigenvalue weighted by atomic mass is 10.1. The van der Waals surface area contributed by atoms with Crippen LogP contribution in [-0.4, -0.2) is 95.9 Å². The number of hydrogen-bond acceptors (Lipinski definition) is 14. The van der Waals surface area contributed by atoms with Crippen molar-refractivity contribution in [3.05, 3.63) is 158 Å². The van der Waals surface area contributed by atoms with Crippen LogP contribution in [0.1, 0.15) is 278 Å². The Hall–Kier alpha value is -4.83. The normalized spacial score (nSPS) is 14.9. The third-order valence-corrected chi connectivity index (χ3v) is 17.1. The van der Waals surface area contributed by atoms with Crippen molar-refractivity contribution in [3.63, 3.8) is 0 Å². The maximum absolute atomic E-state index is 13.0. The van der Waals surface area contributed by atoms with E-state index < -0.39 is 91.5 Å². The van der Waals surface area contributed by atoms with E-state index in [1.807, 2.05) is 0 Å². The Kier molecular flexibility index (Phi) is 69.4. The number of rotatable bonds is 70. The highest BCUT2D eigenvalue weighted by molar-refractivity contribution is 7.47. The Morgan fingerprint density at radius 2 is 0.535 bits per heavy atom. The minimum atomic E-state index is -4.95. The molecule has 4 N–H and O–H groups in total. The highest BCUT2D eigenvalue weighted by Crippen LogP contribution is 2.45. The van der Waals surface area contributed by atoms with E-state index in [1.54, 1.807) is 0 Å². The number of carbonyl (C=O) groups excluding carboxylic acids is 3. The Labute approximate surface area is 600 Å². The summed E-state index contributed by atoms with van der Waals surface area (Å²) in [5, 5.41) is 20.6. The molecule has 0 spiro atoms. The lowest BCUT2D eigenvalue weighted by Gasteiger charge is -2.21. The number of esters is 3. The predicted octanol–water partition coefficient (Wildman–Crippen LogP) is 21.9. The first-order valence-corrected chi connectivity index (χ1v) is 40.8. The molecule has 0 rings (SSSR count). The Morgan fingerprint density at radius 1 is 0.293 bits per heavy atom. The zero-order valence-corrected chi connectivity index (χ0v) is 63.1. The van der Waals surface area contributed by atoms with Crippen molar-refractivity contribution in [3.8, 4) is 0 Å². The van der Waals surface area contributed by atoms with Gasteiger partial charge < -0.3 is 34.2 Å². The molecule has 564 valence electrons. The summed E-state index contributed by atoms with van der Waals surface area (Å²) in [5.41, 5.74) is 0. The second kappa shape index (κ2) is 72.9. The number of hydrogen-bond donors (Lipinski definition) is 4. The molecule has 0 saturated carbocycles. The van der Waals surface area contributed by atoms with Crippen LogP contribution in [0.25, 0.3) is 0 Å². The van der Waals surface area contributed by atoms with Crippen molar-refractivity contribution in [1.29, 1.82) is 0 Å². The summed E-state index contributed by atoms with van der Waals surface area (Å²) in [6.07, 6.45) is 89.9. The van der Waals surface area contributed by atoms with E-state index in [4.69, 9.17) is 32.3 Å². The fourth-order valence-electron chi connectivity index (χ4n) is 9.51. The molecular formula is C81H134O16P2. The van der Waals surface area contributed by atoms with Crippen LogP contribution >= 0.6 is 15.6 Å². The van der Waals surface area contributed by atoms with Crippen LogP contribution in [-0.2, 0) is 55.8 Å². The molecule has 0 aliphatic heterocycles. The number of ether oxygens (including phenoxy) is 3. The Balaban J connectivity index is 4.74. The van der Waals surface area contributed by atoms with Crippen LogP contribution in [0.5, 0.6) is 0 Å². The quantitative estimate of drug-likeness (QED) is 0.0146. The molecule has 0 saturated heterocycles. The maximum Gasteiger partial charge on any atom is 0.472 e. The van der Waals surface area contributed by atoms with Gasteiger partial charge in [-0.05, 0) is 148 Å². The Morgan fingerprint density at radius 3 is 0.848 bits per heavy atom. The van der Waals surface area contributed by atoms with Crippen molar-refractivity contribution < 1.29 is 75.8 Å². The smallest absolute Gasteiger partial charge is 0.463 e. The molecule has 0 fully saturated rings. The van der Waals surface area contributed by atoms with Gasteiger partial charge in [0.25, 0.3) is 0 Å². The maximum atomic E-state index is 13.0. The van der Waals surface area contributed by atoms with Crippen molar-refractivity contribution in [2.75, 3.05) is 39.6 Å². The molecule has 0 bridgehead atoms. The highest BCUT2D eigenvalue weighted by Gasteiger charge is 2.29. The van der Waals surface area contributed by atoms with Crippen molar-refractivity contribution in [2.24, 2.45) is 0 Å². The number of unbranched alkanes of at least 4 members (excludes halogenated alkanes) is 21. The molecule has 0 aromatic rings. The molecule has 99 heavy (non-hydrogen) atoms. The van der Waals surface area contributed by atoms with E-state index in [2.05, 4.69) is 179 Å². The second-order valence-corrected chi connectivity index (χ2v) is 27.6. The van der Waals surface area contributed by atoms with Gasteiger partial charge in [-0.25, -0.2) is 9.13 Å². The van der Waals surface area contributed by atoms with Gasteiger partial charge in [0.1, 0.15) is 25.4 Å². The molecule has 0 amide bonds. The SMILES string of the molecule is CC/C=C\C/C=C\C/C=C\C/C=C\C/C=C\CCCCCCCC(=O)OCC(COP(=O)(O)OCC(O)COP(=O)(O)OCC(O)COC(=O)CCCCCCCCC/C=C\C/C=C\C/C=C\C/C=C\CCCCC)OC(=O)CCCCCCCC/C=C\C/C=C\C/C=C\C/C=C\CC. The summed E-state index contributed by atoms with van der Waals surface area (Å²) in [4.78, 5) is 58.6. The first-order valence-electron chi connectivity index (χ1n) is 37.8. The topological polar surface area (TPSA) is 231 Å². The number of carbonyl (C=O) groups is 3. The third kappa shape index (κ3) is 74.2. The monoisotopic (exact) mass is 1420 g/mol. The lowest BCUT2D eigenvalue weighted by Crippen LogP contribution is -2.30. The summed E-state index contributed by atoms with van der Waals surface area (Å²) in [5.74, 6) is -1.63. The molecule has 16 nitrogen and oxygen atoms in total. The average Bonchev–Trinajstić information content (AvgIpc) is 2.42. The minimum Gasteiger partial charge on any atom is -0.463 e. The van der Waals surface area contributed by atoms with Gasteiger partial charge in [-0.15, -0.1) is 0 Å². The van der Waals surface area contributed by atoms with Gasteiger partial charge >= 0.3 is 33.6 Å². The minimum absolute atomic E-state index is 0.0773. The van der Waals surface area contributed by atoms with Crippen molar-refractivity contribution in [1.82, 2.24) is 0 Å². The molecule has 0 radical (unpaired) electrons. The van der Waals surface area contributed by atoms with Crippen LogP contribution in [0.15, 0.2) is 158 Å². The third-order valence-electron chi connectivity index (χ3n) is 15.2. The molecule has 0 aliphatic rings. The number of phosphoric acid groups is 2. The van der Waals surface area contributed by atoms with Gasteiger partial charge in [0, 0.05) is 19.3 Å². The second-order valence-electron chi connectivity index (χ2n) is 24.7. The van der Waals surface area contributed by atoms with E-state index in [0.29, 0.717) is 19.3 Å². The molecule has 5 unspecified atom stereocenters. The van der Waals surface area contributed by atoms with E-state index in [0.717, 1.165) is 193 Å². The van der Waals surface area contributed by atoms with Gasteiger partial charge in [0.15, 0.2) is 6.10 Å². The van der Waals surface area contributed by atoms with E-state index in [1.165, 1.54) is 25.7 Å². The predicted molar refractivity (Wildman–Crippen MR) is 408 cm³/mol. The van der Waals surface area contributed by atoms with Crippen LogP contribution in [0.3, 0.4) is 0 Å². The first kappa shape index (κ1) is 94.2. The van der Waals surface area contributed by atoms with Gasteiger partial charge in [0.2, 0.25) is 0 Å². The summed E-state index contributed by atoms with van der Waals surface area (Å²) in [7, 11) is -9.81. The first-order chi connectivity index (χ1) is 48.2. The van der Waals surface area contributed by atoms with Gasteiger partial charge in [-0.1, -0.05) is 269 Å². The standard InChI is InChI=1S/C81H134O16P2/c1-4-7-10-13-16-19-22-25-28-31-34-36-37-39-42-43-46-49-52-55-58-61-64-67-79(84)91-70-76(82)71-93-98(87,88)94-72-77(83)73-95-99(89,90)96-75-78(97-81(86)69-66-63-60-57-54-51-48-45-40-33-30-27-24-21-18-15-12-9-6-3)74-92-80(85)68-65-62-59-56-53-50-47-44-41-38-35-32-29-26-23-20-17-14-11-8-5-2/h8-9,11-12,16-21,25-30,34-36,38-40,42,44-45,47,76-78,82-83H,4-7,10,13-15,22-24,31-33,37,41,43,46,48-75H2,1-3H3,(H,87,88)(H,89,90)/b11-8-,12-9-,19-16-,20-17-,21-18-,28-25-,29-26-,30-27-,36-34-,38-35-,42-39-,45-40-,47-44-. The molecule has 0 aliphatic carbocycles. The van der Waals surface area contributed by atoms with Crippen LogP contribution in [0.4, 0.5) is 0 Å². The summed E-state index contributed by atoms with van der Waals surface area (Å²) in [6, 6.07) is 0. The molecular weight excluding hydrogens is 1290 g/mol. The van der Waals surface area contributed by atoms with Crippen LogP contribution in [0.2, 0.25) is 0 Å². The lowest BCUT2D eigenvalue weighted by molar-refractivity contribution is -0.161. The van der Waals surface area contributed by atoms with E-state index in [9.17, 15) is 43.5 Å². The summed E-state index contributed by atoms with van der Waals surface area (Å²) in [6.45, 7) is 2.36. The van der Waals surface area contributed by atoms with Gasteiger partial charge in [-0.2, -0.15) is 0 Å². The number of phosphoric ester groups is 2. The number of allylic oxidation sites excluding steroid dienone is 26. The van der Waals surface area contributed by atoms with Crippen LogP contribution < -0.4 is 0 Å².